The molecule has 0 saturated heterocycles. The third-order valence-electron chi connectivity index (χ3n) is 3.40. The van der Waals surface area contributed by atoms with Crippen LogP contribution in [0.2, 0.25) is 0 Å². The monoisotopic (exact) mass is 256 g/mol. The zero-order valence-corrected chi connectivity index (χ0v) is 10.2. The first kappa shape index (κ1) is 11.7. The molecular weight excluding hydrogens is 243 g/mol. The van der Waals surface area contributed by atoms with Gasteiger partial charge in [-0.3, -0.25) is 4.79 Å². The molecule has 19 heavy (non-hydrogen) atoms. The third kappa shape index (κ3) is 2.05. The molecule has 2 aromatic carbocycles. The first-order valence-electron chi connectivity index (χ1n) is 6.09. The van der Waals surface area contributed by atoms with Crippen molar-refractivity contribution >= 4 is 17.3 Å². The van der Waals surface area contributed by atoms with Gasteiger partial charge in [-0.2, -0.15) is 0 Å². The molecule has 0 aliphatic carbocycles. The van der Waals surface area contributed by atoms with Crippen LogP contribution in [0.25, 0.3) is 0 Å². The maximum atomic E-state index is 13.2. The lowest BCUT2D eigenvalue weighted by molar-refractivity contribution is -0.117. The van der Waals surface area contributed by atoms with Crippen molar-refractivity contribution in [3.63, 3.8) is 0 Å². The number of fused-ring (bicyclic) bond motifs is 1. The highest BCUT2D eigenvalue weighted by atomic mass is 19.1. The normalized spacial score (nSPS) is 17.1. The van der Waals surface area contributed by atoms with Gasteiger partial charge >= 0.3 is 0 Å². The summed E-state index contributed by atoms with van der Waals surface area (Å²) in [5.74, 6) is -0.679. The summed E-state index contributed by atoms with van der Waals surface area (Å²) in [6.45, 7) is 0. The molecule has 2 aromatic rings. The smallest absolute Gasteiger partial charge is 0.232 e. The number of amides is 1. The molecule has 0 saturated carbocycles. The fraction of sp³-hybridized carbons (Fsp3) is 0.133. The van der Waals surface area contributed by atoms with E-state index in [2.05, 4.69) is 5.32 Å². The van der Waals surface area contributed by atoms with Crippen molar-refractivity contribution in [1.82, 2.24) is 0 Å². The molecule has 3 nitrogen and oxygen atoms in total. The van der Waals surface area contributed by atoms with Gasteiger partial charge in [0.05, 0.1) is 17.3 Å². The van der Waals surface area contributed by atoms with E-state index in [1.807, 2.05) is 18.2 Å². The van der Waals surface area contributed by atoms with Gasteiger partial charge in [-0.25, -0.2) is 4.39 Å². The number of carbonyl (C=O) groups excluding carboxylic acids is 1. The van der Waals surface area contributed by atoms with Crippen molar-refractivity contribution in [3.05, 3.63) is 59.4 Å². The van der Waals surface area contributed by atoms with Crippen LogP contribution in [0.1, 0.15) is 17.0 Å². The van der Waals surface area contributed by atoms with Gasteiger partial charge in [-0.15, -0.1) is 0 Å². The number of halogens is 1. The summed E-state index contributed by atoms with van der Waals surface area (Å²) < 4.78 is 13.2. The fourth-order valence-corrected chi connectivity index (χ4v) is 2.48. The minimum absolute atomic E-state index is 0.0860. The number of carbonyl (C=O) groups is 1. The number of benzene rings is 2. The van der Waals surface area contributed by atoms with Gasteiger partial charge in [0, 0.05) is 0 Å². The average Bonchev–Trinajstić information content (AvgIpc) is 2.69. The highest BCUT2D eigenvalue weighted by Crippen LogP contribution is 2.38. The van der Waals surface area contributed by atoms with Gasteiger partial charge in [0.2, 0.25) is 5.91 Å². The van der Waals surface area contributed by atoms with Gasteiger partial charge < -0.3 is 11.1 Å². The molecule has 1 unspecified atom stereocenters. The number of nitrogens with one attached hydrogen (secondary N) is 1. The quantitative estimate of drug-likeness (QED) is 0.812. The van der Waals surface area contributed by atoms with E-state index in [0.29, 0.717) is 17.8 Å². The SMILES string of the molecule is Nc1cccc2c1NC(=O)C2Cc1cccc(F)c1. The Morgan fingerprint density at radius 3 is 2.79 bits per heavy atom. The number of nitrogen functional groups attached to an aromatic ring is 1. The lowest BCUT2D eigenvalue weighted by atomic mass is 9.93. The van der Waals surface area contributed by atoms with Crippen molar-refractivity contribution in [2.75, 3.05) is 11.1 Å². The molecule has 3 N–H and O–H groups in total. The van der Waals surface area contributed by atoms with E-state index in [-0.39, 0.29) is 17.6 Å². The molecule has 1 aliphatic heterocycles. The fourth-order valence-electron chi connectivity index (χ4n) is 2.48. The molecule has 1 amide bonds. The molecule has 0 bridgehead atoms. The molecule has 0 aromatic heterocycles. The Morgan fingerprint density at radius 2 is 2.00 bits per heavy atom. The average molecular weight is 256 g/mol. The Morgan fingerprint density at radius 1 is 1.21 bits per heavy atom. The molecule has 3 rings (SSSR count). The summed E-state index contributed by atoms with van der Waals surface area (Å²) in [5.41, 5.74) is 8.78. The van der Waals surface area contributed by atoms with E-state index in [1.54, 1.807) is 12.1 Å². The predicted octanol–water partition coefficient (Wildman–Crippen LogP) is 2.69. The minimum atomic E-state index is -0.305. The lowest BCUT2D eigenvalue weighted by Gasteiger charge is -2.09. The second-order valence-corrected chi connectivity index (χ2v) is 4.69. The van der Waals surface area contributed by atoms with Crippen LogP contribution in [0.5, 0.6) is 0 Å². The number of para-hydroxylation sites is 1. The topological polar surface area (TPSA) is 55.1 Å². The summed E-state index contributed by atoms with van der Waals surface area (Å²) in [6.07, 6.45) is 0.472. The first-order chi connectivity index (χ1) is 9.15. The molecule has 96 valence electrons. The standard InChI is InChI=1S/C15H13FN2O/c16-10-4-1-3-9(7-10)8-12-11-5-2-6-13(17)14(11)18-15(12)19/h1-7,12H,8,17H2,(H,18,19). The third-order valence-corrected chi connectivity index (χ3v) is 3.40. The zero-order chi connectivity index (χ0) is 13.4. The second-order valence-electron chi connectivity index (χ2n) is 4.69. The number of hydrogen-bond donors (Lipinski definition) is 2. The van der Waals surface area contributed by atoms with Crippen LogP contribution >= 0.6 is 0 Å². The van der Waals surface area contributed by atoms with Crippen LogP contribution in [-0.4, -0.2) is 5.91 Å². The van der Waals surface area contributed by atoms with E-state index >= 15 is 0 Å². The highest BCUT2D eigenvalue weighted by molar-refractivity contribution is 6.05. The van der Waals surface area contributed by atoms with E-state index in [9.17, 15) is 9.18 Å². The number of anilines is 2. The van der Waals surface area contributed by atoms with Crippen molar-refractivity contribution in [3.8, 4) is 0 Å². The number of nitrogens with two attached hydrogens (primary N) is 1. The molecule has 4 heteroatoms. The van der Waals surface area contributed by atoms with E-state index < -0.39 is 0 Å². The van der Waals surface area contributed by atoms with Gasteiger partial charge in [0.15, 0.2) is 0 Å². The summed E-state index contributed by atoms with van der Waals surface area (Å²) in [6, 6.07) is 11.8. The molecule has 1 atom stereocenters. The molecule has 0 radical (unpaired) electrons. The lowest BCUT2D eigenvalue weighted by Crippen LogP contribution is -2.14. The van der Waals surface area contributed by atoms with Crippen LogP contribution < -0.4 is 11.1 Å². The van der Waals surface area contributed by atoms with Crippen molar-refractivity contribution in [2.24, 2.45) is 0 Å². The second kappa shape index (κ2) is 4.39. The first-order valence-corrected chi connectivity index (χ1v) is 6.09. The van der Waals surface area contributed by atoms with Crippen LogP contribution in [-0.2, 0) is 11.2 Å². The van der Waals surface area contributed by atoms with E-state index in [0.717, 1.165) is 11.1 Å². The van der Waals surface area contributed by atoms with E-state index in [1.165, 1.54) is 12.1 Å². The van der Waals surface area contributed by atoms with Crippen LogP contribution in [0.4, 0.5) is 15.8 Å². The minimum Gasteiger partial charge on any atom is -0.397 e. The molecule has 0 spiro atoms. The molecule has 0 fully saturated rings. The highest BCUT2D eigenvalue weighted by Gasteiger charge is 2.31. The van der Waals surface area contributed by atoms with Gasteiger partial charge in [0.1, 0.15) is 5.82 Å². The number of rotatable bonds is 2. The van der Waals surface area contributed by atoms with Gasteiger partial charge in [-0.05, 0) is 35.7 Å². The Labute approximate surface area is 110 Å². The van der Waals surface area contributed by atoms with Crippen molar-refractivity contribution < 1.29 is 9.18 Å². The van der Waals surface area contributed by atoms with E-state index in [4.69, 9.17) is 5.73 Å². The Kier molecular flexibility index (Phi) is 2.71. The Balaban J connectivity index is 1.95. The van der Waals surface area contributed by atoms with Gasteiger partial charge in [0.25, 0.3) is 0 Å². The van der Waals surface area contributed by atoms with Gasteiger partial charge in [-0.1, -0.05) is 24.3 Å². The molecular formula is C15H13FN2O. The molecule has 1 heterocycles. The van der Waals surface area contributed by atoms with Crippen LogP contribution in [0.15, 0.2) is 42.5 Å². The van der Waals surface area contributed by atoms with Crippen molar-refractivity contribution in [2.45, 2.75) is 12.3 Å². The van der Waals surface area contributed by atoms with Crippen molar-refractivity contribution in [1.29, 1.82) is 0 Å². The summed E-state index contributed by atoms with van der Waals surface area (Å²) in [5, 5.41) is 2.79. The maximum absolute atomic E-state index is 13.2. The van der Waals surface area contributed by atoms with Crippen LogP contribution in [0.3, 0.4) is 0 Å². The Hall–Kier alpha value is -2.36. The predicted molar refractivity (Wildman–Crippen MR) is 72.3 cm³/mol. The van der Waals surface area contributed by atoms with Crippen LogP contribution in [0, 0.1) is 5.82 Å². The molecule has 1 aliphatic rings. The summed E-state index contributed by atoms with van der Waals surface area (Å²) >= 11 is 0. The summed E-state index contributed by atoms with van der Waals surface area (Å²) in [4.78, 5) is 12.0. The maximum Gasteiger partial charge on any atom is 0.232 e. The number of hydrogen-bond acceptors (Lipinski definition) is 2. The summed E-state index contributed by atoms with van der Waals surface area (Å²) in [7, 11) is 0. The zero-order valence-electron chi connectivity index (χ0n) is 10.2. The Bertz CT molecular complexity index is 654. The largest absolute Gasteiger partial charge is 0.397 e.